The van der Waals surface area contributed by atoms with E-state index in [4.69, 9.17) is 16.0 Å². The van der Waals surface area contributed by atoms with Gasteiger partial charge in [0.15, 0.2) is 0 Å². The van der Waals surface area contributed by atoms with Gasteiger partial charge in [-0.05, 0) is 18.2 Å². The lowest BCUT2D eigenvalue weighted by Gasteiger charge is -2.12. The van der Waals surface area contributed by atoms with E-state index in [9.17, 15) is 13.2 Å². The van der Waals surface area contributed by atoms with Gasteiger partial charge in [0.05, 0.1) is 10.5 Å². The van der Waals surface area contributed by atoms with Crippen molar-refractivity contribution in [2.45, 2.75) is 4.90 Å². The van der Waals surface area contributed by atoms with E-state index in [0.717, 1.165) is 6.07 Å². The summed E-state index contributed by atoms with van der Waals surface area (Å²) in [5.74, 6) is -1.29. The van der Waals surface area contributed by atoms with E-state index < -0.39 is 16.0 Å². The molecular formula is C12H11N3O4S. The monoisotopic (exact) mass is 293 g/mol. The Morgan fingerprint density at radius 3 is 2.50 bits per heavy atom. The van der Waals surface area contributed by atoms with Crippen molar-refractivity contribution in [3.05, 3.63) is 42.2 Å². The smallest absolute Gasteiger partial charge is 0.335 e. The van der Waals surface area contributed by atoms with Gasteiger partial charge in [-0.1, -0.05) is 6.07 Å². The minimum Gasteiger partial charge on any atom is -0.478 e. The summed E-state index contributed by atoms with van der Waals surface area (Å²) in [6, 6.07) is 5.37. The van der Waals surface area contributed by atoms with Crippen LogP contribution in [0.4, 0.5) is 5.69 Å². The van der Waals surface area contributed by atoms with Crippen LogP contribution in [0.2, 0.25) is 0 Å². The van der Waals surface area contributed by atoms with Gasteiger partial charge in [-0.3, -0.25) is 4.98 Å². The largest absolute Gasteiger partial charge is 0.478 e. The molecule has 2 aromatic rings. The van der Waals surface area contributed by atoms with Crippen LogP contribution in [0.15, 0.2) is 41.6 Å². The number of benzene rings is 1. The number of aromatic carboxylic acids is 1. The number of nitrogens with zero attached hydrogens (tertiary/aromatic N) is 1. The van der Waals surface area contributed by atoms with Crippen molar-refractivity contribution >= 4 is 21.7 Å². The van der Waals surface area contributed by atoms with Gasteiger partial charge in [-0.25, -0.2) is 18.4 Å². The Balaban J connectivity index is 2.84. The number of nitrogen functional groups attached to an aromatic ring is 1. The second-order valence-electron chi connectivity index (χ2n) is 4.03. The molecule has 8 heteroatoms. The predicted octanol–water partition coefficient (Wildman–Crippen LogP) is 0.676. The molecule has 0 radical (unpaired) electrons. The first kappa shape index (κ1) is 14.0. The molecule has 7 nitrogen and oxygen atoms in total. The third-order valence-electron chi connectivity index (χ3n) is 2.64. The topological polar surface area (TPSA) is 136 Å². The number of carboxylic acid groups (broad SMARTS) is 1. The normalized spacial score (nSPS) is 11.2. The third kappa shape index (κ3) is 2.60. The Morgan fingerprint density at radius 2 is 2.00 bits per heavy atom. The highest BCUT2D eigenvalue weighted by Gasteiger charge is 2.21. The molecule has 0 saturated heterocycles. The molecule has 1 aromatic carbocycles. The number of hydrogen-bond donors (Lipinski definition) is 3. The van der Waals surface area contributed by atoms with Crippen LogP contribution < -0.4 is 10.9 Å². The van der Waals surface area contributed by atoms with Gasteiger partial charge in [0.25, 0.3) is 0 Å². The third-order valence-corrected chi connectivity index (χ3v) is 3.57. The van der Waals surface area contributed by atoms with Crippen molar-refractivity contribution < 1.29 is 18.3 Å². The van der Waals surface area contributed by atoms with E-state index in [1.165, 1.54) is 18.5 Å². The summed E-state index contributed by atoms with van der Waals surface area (Å²) >= 11 is 0. The SMILES string of the molecule is Nc1cc(C(=O)O)cc(S(N)(=O)=O)c1-c1cccnc1. The van der Waals surface area contributed by atoms with Crippen LogP contribution in [0.3, 0.4) is 0 Å². The van der Waals surface area contributed by atoms with Crippen molar-refractivity contribution in [2.75, 3.05) is 5.73 Å². The number of hydrogen-bond acceptors (Lipinski definition) is 5. The zero-order chi connectivity index (χ0) is 14.9. The molecule has 1 aromatic heterocycles. The van der Waals surface area contributed by atoms with E-state index in [1.807, 2.05) is 0 Å². The number of nitrogens with two attached hydrogens (primary N) is 2. The molecule has 20 heavy (non-hydrogen) atoms. The molecule has 0 aliphatic carbocycles. The average Bonchev–Trinajstić information content (AvgIpc) is 2.37. The van der Waals surface area contributed by atoms with Crippen LogP contribution in [0.25, 0.3) is 11.1 Å². The van der Waals surface area contributed by atoms with Gasteiger partial charge in [-0.2, -0.15) is 0 Å². The van der Waals surface area contributed by atoms with E-state index in [0.29, 0.717) is 5.56 Å². The van der Waals surface area contributed by atoms with Crippen molar-refractivity contribution in [2.24, 2.45) is 5.14 Å². The number of aromatic nitrogens is 1. The van der Waals surface area contributed by atoms with Crippen LogP contribution in [0.5, 0.6) is 0 Å². The van der Waals surface area contributed by atoms with Crippen LogP contribution in [-0.2, 0) is 10.0 Å². The molecule has 0 aliphatic heterocycles. The highest BCUT2D eigenvalue weighted by molar-refractivity contribution is 7.89. The summed E-state index contributed by atoms with van der Waals surface area (Å²) < 4.78 is 23.3. The quantitative estimate of drug-likeness (QED) is 0.711. The Bertz CT molecular complexity index is 773. The van der Waals surface area contributed by atoms with E-state index in [2.05, 4.69) is 4.98 Å². The molecule has 0 unspecified atom stereocenters. The summed E-state index contributed by atoms with van der Waals surface area (Å²) in [6.07, 6.45) is 2.93. The lowest BCUT2D eigenvalue weighted by molar-refractivity contribution is 0.0696. The summed E-state index contributed by atoms with van der Waals surface area (Å²) in [7, 11) is -4.13. The highest BCUT2D eigenvalue weighted by atomic mass is 32.2. The first-order valence-electron chi connectivity index (χ1n) is 5.40. The van der Waals surface area contributed by atoms with Crippen LogP contribution in [-0.4, -0.2) is 24.5 Å². The predicted molar refractivity (Wildman–Crippen MR) is 72.4 cm³/mol. The van der Waals surface area contributed by atoms with Crippen LogP contribution in [0.1, 0.15) is 10.4 Å². The van der Waals surface area contributed by atoms with Gasteiger partial charge < -0.3 is 10.8 Å². The van der Waals surface area contributed by atoms with Crippen molar-refractivity contribution in [1.82, 2.24) is 4.98 Å². The number of carboxylic acids is 1. The highest BCUT2D eigenvalue weighted by Crippen LogP contribution is 2.33. The molecule has 0 atom stereocenters. The molecule has 104 valence electrons. The molecule has 5 N–H and O–H groups in total. The molecule has 1 heterocycles. The molecule has 0 bridgehead atoms. The fourth-order valence-electron chi connectivity index (χ4n) is 1.80. The second kappa shape index (κ2) is 4.91. The maximum atomic E-state index is 11.7. The molecular weight excluding hydrogens is 282 g/mol. The van der Waals surface area contributed by atoms with E-state index >= 15 is 0 Å². The standard InChI is InChI=1S/C12H11N3O4S/c13-9-4-8(12(16)17)5-10(20(14,18)19)11(9)7-2-1-3-15-6-7/h1-6H,13H2,(H,16,17)(H2,14,18,19). The van der Waals surface area contributed by atoms with Crippen molar-refractivity contribution in [1.29, 1.82) is 0 Å². The van der Waals surface area contributed by atoms with Gasteiger partial charge >= 0.3 is 5.97 Å². The maximum Gasteiger partial charge on any atom is 0.335 e. The zero-order valence-corrected chi connectivity index (χ0v) is 11.0. The van der Waals surface area contributed by atoms with Gasteiger partial charge in [-0.15, -0.1) is 0 Å². The Hall–Kier alpha value is -2.45. The number of anilines is 1. The minimum absolute atomic E-state index is 0.00178. The molecule has 0 spiro atoms. The molecule has 2 rings (SSSR count). The Labute approximate surface area is 114 Å². The number of rotatable bonds is 3. The lowest BCUT2D eigenvalue weighted by Crippen LogP contribution is -2.15. The second-order valence-corrected chi connectivity index (χ2v) is 5.56. The van der Waals surface area contributed by atoms with Crippen molar-refractivity contribution in [3.63, 3.8) is 0 Å². The molecule has 0 fully saturated rings. The molecule has 0 amide bonds. The number of carbonyl (C=O) groups is 1. The Morgan fingerprint density at radius 1 is 1.30 bits per heavy atom. The summed E-state index contributed by atoms with van der Waals surface area (Å²) in [6.45, 7) is 0. The first-order valence-corrected chi connectivity index (χ1v) is 6.95. The maximum absolute atomic E-state index is 11.7. The number of primary sulfonamides is 1. The fourth-order valence-corrected chi connectivity index (χ4v) is 2.62. The van der Waals surface area contributed by atoms with E-state index in [1.54, 1.807) is 12.1 Å². The van der Waals surface area contributed by atoms with E-state index in [-0.39, 0.29) is 21.7 Å². The van der Waals surface area contributed by atoms with Gasteiger partial charge in [0.1, 0.15) is 0 Å². The lowest BCUT2D eigenvalue weighted by atomic mass is 10.0. The van der Waals surface area contributed by atoms with Crippen LogP contribution >= 0.6 is 0 Å². The van der Waals surface area contributed by atoms with Crippen LogP contribution in [0, 0.1) is 0 Å². The fraction of sp³-hybridized carbons (Fsp3) is 0. The summed E-state index contributed by atoms with van der Waals surface area (Å²) in [5, 5.41) is 14.1. The minimum atomic E-state index is -4.13. The molecule has 0 aliphatic rings. The summed E-state index contributed by atoms with van der Waals surface area (Å²) in [5.41, 5.74) is 6.11. The first-order chi connectivity index (χ1) is 9.30. The van der Waals surface area contributed by atoms with Gasteiger partial charge in [0.2, 0.25) is 10.0 Å². The zero-order valence-electron chi connectivity index (χ0n) is 10.1. The molecule has 0 saturated carbocycles. The Kier molecular flexibility index (Phi) is 3.43. The van der Waals surface area contributed by atoms with Crippen molar-refractivity contribution in [3.8, 4) is 11.1 Å². The number of pyridine rings is 1. The average molecular weight is 293 g/mol. The number of sulfonamides is 1. The summed E-state index contributed by atoms with van der Waals surface area (Å²) in [4.78, 5) is 14.5. The van der Waals surface area contributed by atoms with Gasteiger partial charge in [0, 0.05) is 29.2 Å².